The molecular weight excluding hydrogens is 370 g/mol. The minimum absolute atomic E-state index is 0.0117. The molecule has 2 aromatic heterocycles. The van der Waals surface area contributed by atoms with Crippen molar-refractivity contribution < 1.29 is 14.3 Å². The Labute approximate surface area is 170 Å². The summed E-state index contributed by atoms with van der Waals surface area (Å²) in [6, 6.07) is 3.71. The number of hydrogen-bond donors (Lipinski definition) is 0. The zero-order chi connectivity index (χ0) is 20.2. The van der Waals surface area contributed by atoms with Crippen LogP contribution in [0.3, 0.4) is 0 Å². The smallest absolute Gasteiger partial charge is 0.255 e. The fraction of sp³-hybridized carbons (Fsp3) is 0.524. The molecule has 0 N–H and O–H groups in total. The lowest BCUT2D eigenvalue weighted by Gasteiger charge is -2.27. The normalized spacial score (nSPS) is 19.6. The van der Waals surface area contributed by atoms with Crippen LogP contribution in [0.1, 0.15) is 47.2 Å². The Kier molecular flexibility index (Phi) is 5.89. The van der Waals surface area contributed by atoms with Crippen molar-refractivity contribution in [2.24, 2.45) is 0 Å². The van der Waals surface area contributed by atoms with E-state index in [1.165, 1.54) is 0 Å². The van der Waals surface area contributed by atoms with Crippen LogP contribution in [0, 0.1) is 6.92 Å². The molecule has 8 nitrogen and oxygen atoms in total. The third-order valence-corrected chi connectivity index (χ3v) is 5.74. The average molecular weight is 397 g/mol. The molecule has 0 saturated carbocycles. The number of aryl methyl sites for hydroxylation is 2. The number of rotatable bonds is 5. The van der Waals surface area contributed by atoms with E-state index in [1.54, 1.807) is 17.3 Å². The summed E-state index contributed by atoms with van der Waals surface area (Å²) < 4.78 is 7.30. The van der Waals surface area contributed by atoms with Gasteiger partial charge in [0, 0.05) is 51.2 Å². The highest BCUT2D eigenvalue weighted by molar-refractivity contribution is 5.94. The van der Waals surface area contributed by atoms with Crippen molar-refractivity contribution in [1.29, 1.82) is 0 Å². The SMILES string of the molecule is Cc1nccn1CCC(=O)N1CCC[C@H]1c1ccc(C(=O)N2CCOCC2)cn1. The number of ether oxygens (including phenoxy) is 1. The van der Waals surface area contributed by atoms with Crippen LogP contribution in [-0.4, -0.2) is 69.0 Å². The molecule has 154 valence electrons. The van der Waals surface area contributed by atoms with E-state index in [2.05, 4.69) is 9.97 Å². The Balaban J connectivity index is 1.39. The van der Waals surface area contributed by atoms with Gasteiger partial charge in [-0.1, -0.05) is 0 Å². The van der Waals surface area contributed by atoms with Crippen molar-refractivity contribution in [3.05, 3.63) is 47.8 Å². The van der Waals surface area contributed by atoms with E-state index in [1.807, 2.05) is 34.7 Å². The molecule has 29 heavy (non-hydrogen) atoms. The second-order valence-corrected chi connectivity index (χ2v) is 7.54. The number of nitrogens with zero attached hydrogens (tertiary/aromatic N) is 5. The van der Waals surface area contributed by atoms with E-state index in [0.717, 1.165) is 30.9 Å². The van der Waals surface area contributed by atoms with Crippen LogP contribution in [0.15, 0.2) is 30.7 Å². The summed E-state index contributed by atoms with van der Waals surface area (Å²) in [4.78, 5) is 37.9. The zero-order valence-corrected chi connectivity index (χ0v) is 16.8. The first-order valence-electron chi connectivity index (χ1n) is 10.2. The first kappa shape index (κ1) is 19.6. The molecule has 0 radical (unpaired) electrons. The number of likely N-dealkylation sites (tertiary alicyclic amines) is 1. The van der Waals surface area contributed by atoms with E-state index < -0.39 is 0 Å². The molecule has 0 spiro atoms. The summed E-state index contributed by atoms with van der Waals surface area (Å²) in [5, 5.41) is 0. The van der Waals surface area contributed by atoms with Crippen LogP contribution >= 0.6 is 0 Å². The Morgan fingerprint density at radius 2 is 2.00 bits per heavy atom. The second-order valence-electron chi connectivity index (χ2n) is 7.54. The number of carbonyl (C=O) groups is 2. The Bertz CT molecular complexity index is 857. The van der Waals surface area contributed by atoms with E-state index in [0.29, 0.717) is 44.8 Å². The number of amides is 2. The van der Waals surface area contributed by atoms with Crippen LogP contribution < -0.4 is 0 Å². The molecule has 2 saturated heterocycles. The Hall–Kier alpha value is -2.74. The molecule has 2 aliphatic heterocycles. The maximum absolute atomic E-state index is 12.8. The molecule has 0 unspecified atom stereocenters. The van der Waals surface area contributed by atoms with Crippen LogP contribution in [0.5, 0.6) is 0 Å². The zero-order valence-electron chi connectivity index (χ0n) is 16.8. The summed E-state index contributed by atoms with van der Waals surface area (Å²) in [5.41, 5.74) is 1.44. The molecule has 0 aliphatic carbocycles. The fourth-order valence-corrected chi connectivity index (χ4v) is 4.05. The van der Waals surface area contributed by atoms with Crippen molar-refractivity contribution in [1.82, 2.24) is 24.3 Å². The predicted octanol–water partition coefficient (Wildman–Crippen LogP) is 1.81. The lowest BCUT2D eigenvalue weighted by atomic mass is 10.1. The van der Waals surface area contributed by atoms with E-state index in [-0.39, 0.29) is 17.9 Å². The van der Waals surface area contributed by atoms with Crippen molar-refractivity contribution in [2.75, 3.05) is 32.8 Å². The standard InChI is InChI=1S/C21H27N5O3/c1-16-22-7-10-24(16)9-6-20(27)26-8-2-3-19(26)18-5-4-17(15-23-18)21(28)25-11-13-29-14-12-25/h4-5,7,10,15,19H,2-3,6,8-9,11-14H2,1H3/t19-/m0/s1. The first-order chi connectivity index (χ1) is 14.1. The van der Waals surface area contributed by atoms with Crippen molar-refractivity contribution >= 4 is 11.8 Å². The van der Waals surface area contributed by atoms with Gasteiger partial charge in [0.25, 0.3) is 5.91 Å². The molecule has 1 atom stereocenters. The van der Waals surface area contributed by atoms with Gasteiger partial charge in [0.1, 0.15) is 5.82 Å². The number of pyridine rings is 1. The highest BCUT2D eigenvalue weighted by atomic mass is 16.5. The van der Waals surface area contributed by atoms with Gasteiger partial charge < -0.3 is 19.1 Å². The van der Waals surface area contributed by atoms with Crippen LogP contribution in [-0.2, 0) is 16.1 Å². The third kappa shape index (κ3) is 4.32. The van der Waals surface area contributed by atoms with Crippen LogP contribution in [0.4, 0.5) is 0 Å². The third-order valence-electron chi connectivity index (χ3n) is 5.74. The minimum atomic E-state index is -0.0149. The van der Waals surface area contributed by atoms with Crippen LogP contribution in [0.25, 0.3) is 0 Å². The van der Waals surface area contributed by atoms with Gasteiger partial charge in [-0.15, -0.1) is 0 Å². The molecule has 8 heteroatoms. The lowest BCUT2D eigenvalue weighted by molar-refractivity contribution is -0.132. The molecule has 0 bridgehead atoms. The van der Waals surface area contributed by atoms with Crippen molar-refractivity contribution in [3.8, 4) is 0 Å². The summed E-state index contributed by atoms with van der Waals surface area (Å²) in [6.07, 6.45) is 7.61. The molecule has 2 aromatic rings. The summed E-state index contributed by atoms with van der Waals surface area (Å²) in [7, 11) is 0. The van der Waals surface area contributed by atoms with E-state index in [4.69, 9.17) is 4.74 Å². The minimum Gasteiger partial charge on any atom is -0.378 e. The summed E-state index contributed by atoms with van der Waals surface area (Å²) >= 11 is 0. The van der Waals surface area contributed by atoms with Gasteiger partial charge in [-0.05, 0) is 31.9 Å². The van der Waals surface area contributed by atoms with Gasteiger partial charge in [-0.3, -0.25) is 14.6 Å². The number of hydrogen-bond acceptors (Lipinski definition) is 5. The first-order valence-corrected chi connectivity index (χ1v) is 10.2. The summed E-state index contributed by atoms with van der Waals surface area (Å²) in [5.74, 6) is 1.04. The average Bonchev–Trinajstić information content (AvgIpc) is 3.41. The second kappa shape index (κ2) is 8.73. The molecular formula is C21H27N5O3. The molecule has 4 heterocycles. The van der Waals surface area contributed by atoms with Crippen molar-refractivity contribution in [2.45, 2.75) is 38.8 Å². The lowest BCUT2D eigenvalue weighted by Crippen LogP contribution is -2.40. The Morgan fingerprint density at radius 1 is 1.17 bits per heavy atom. The largest absolute Gasteiger partial charge is 0.378 e. The highest BCUT2D eigenvalue weighted by Gasteiger charge is 2.31. The van der Waals surface area contributed by atoms with Gasteiger partial charge in [-0.25, -0.2) is 4.98 Å². The highest BCUT2D eigenvalue weighted by Crippen LogP contribution is 2.31. The molecule has 2 aliphatic rings. The fourth-order valence-electron chi connectivity index (χ4n) is 4.05. The van der Waals surface area contributed by atoms with Crippen LogP contribution in [0.2, 0.25) is 0 Å². The number of imidazole rings is 1. The van der Waals surface area contributed by atoms with Gasteiger partial charge in [0.2, 0.25) is 5.91 Å². The van der Waals surface area contributed by atoms with Gasteiger partial charge in [-0.2, -0.15) is 0 Å². The molecule has 2 fully saturated rings. The quantitative estimate of drug-likeness (QED) is 0.769. The van der Waals surface area contributed by atoms with Gasteiger partial charge in [0.05, 0.1) is 30.5 Å². The number of carbonyl (C=O) groups excluding carboxylic acids is 2. The maximum Gasteiger partial charge on any atom is 0.255 e. The van der Waals surface area contributed by atoms with Crippen molar-refractivity contribution in [3.63, 3.8) is 0 Å². The number of aromatic nitrogens is 3. The van der Waals surface area contributed by atoms with Gasteiger partial charge >= 0.3 is 0 Å². The van der Waals surface area contributed by atoms with E-state index in [9.17, 15) is 9.59 Å². The topological polar surface area (TPSA) is 80.6 Å². The molecule has 4 rings (SSSR count). The molecule has 2 amide bonds. The monoisotopic (exact) mass is 397 g/mol. The van der Waals surface area contributed by atoms with Gasteiger partial charge in [0.15, 0.2) is 0 Å². The molecule has 0 aromatic carbocycles. The Morgan fingerprint density at radius 3 is 2.69 bits per heavy atom. The summed E-state index contributed by atoms with van der Waals surface area (Å²) in [6.45, 7) is 5.71. The predicted molar refractivity (Wildman–Crippen MR) is 106 cm³/mol. The number of morpholine rings is 1. The maximum atomic E-state index is 12.8. The van der Waals surface area contributed by atoms with E-state index >= 15 is 0 Å².